The van der Waals surface area contributed by atoms with Gasteiger partial charge in [-0.25, -0.2) is 0 Å². The number of hydrogen-bond acceptors (Lipinski definition) is 4. The predicted molar refractivity (Wildman–Crippen MR) is 93.3 cm³/mol. The first-order chi connectivity index (χ1) is 11.2. The number of nitrogens with one attached hydrogen (secondary N) is 1. The third kappa shape index (κ3) is 5.11. The van der Waals surface area contributed by atoms with Gasteiger partial charge in [0.15, 0.2) is 11.5 Å². The molecular formula is C19H31NO3. The maximum absolute atomic E-state index is 9.64. The van der Waals surface area contributed by atoms with Crippen molar-refractivity contribution in [3.63, 3.8) is 0 Å². The molecule has 3 unspecified atom stereocenters. The van der Waals surface area contributed by atoms with Crippen molar-refractivity contribution in [3.8, 4) is 11.5 Å². The van der Waals surface area contributed by atoms with E-state index in [1.165, 1.54) is 31.2 Å². The van der Waals surface area contributed by atoms with Crippen LogP contribution in [0.4, 0.5) is 0 Å². The van der Waals surface area contributed by atoms with Gasteiger partial charge in [0.1, 0.15) is 0 Å². The monoisotopic (exact) mass is 321 g/mol. The molecule has 1 aliphatic rings. The molecule has 23 heavy (non-hydrogen) atoms. The van der Waals surface area contributed by atoms with Crippen LogP contribution in [0.1, 0.15) is 44.6 Å². The van der Waals surface area contributed by atoms with Crippen LogP contribution >= 0.6 is 0 Å². The molecule has 4 nitrogen and oxygen atoms in total. The third-order valence-corrected chi connectivity index (χ3v) is 4.88. The molecule has 1 fully saturated rings. The van der Waals surface area contributed by atoms with Gasteiger partial charge in [-0.15, -0.1) is 0 Å². The van der Waals surface area contributed by atoms with Crippen LogP contribution in [0.3, 0.4) is 0 Å². The molecule has 1 aliphatic carbocycles. The molecule has 1 saturated carbocycles. The zero-order valence-electron chi connectivity index (χ0n) is 14.7. The highest BCUT2D eigenvalue weighted by atomic mass is 16.5. The fourth-order valence-corrected chi connectivity index (χ4v) is 3.61. The van der Waals surface area contributed by atoms with Crippen LogP contribution in [-0.2, 0) is 6.42 Å². The molecule has 130 valence electrons. The van der Waals surface area contributed by atoms with Crippen molar-refractivity contribution in [2.24, 2.45) is 5.92 Å². The van der Waals surface area contributed by atoms with Gasteiger partial charge in [0, 0.05) is 18.7 Å². The number of aliphatic hydroxyl groups is 1. The predicted octanol–water partition coefficient (Wildman–Crippen LogP) is 3.17. The zero-order chi connectivity index (χ0) is 16.7. The first-order valence-corrected chi connectivity index (χ1v) is 8.75. The van der Waals surface area contributed by atoms with Crippen LogP contribution < -0.4 is 14.8 Å². The molecule has 0 heterocycles. The van der Waals surface area contributed by atoms with Crippen molar-refractivity contribution in [3.05, 3.63) is 23.8 Å². The highest BCUT2D eigenvalue weighted by Crippen LogP contribution is 2.28. The molecule has 2 rings (SSSR count). The molecule has 0 amide bonds. The molecule has 1 aromatic carbocycles. The lowest BCUT2D eigenvalue weighted by Crippen LogP contribution is -2.43. The summed E-state index contributed by atoms with van der Waals surface area (Å²) >= 11 is 0. The minimum Gasteiger partial charge on any atom is -0.493 e. The molecule has 3 atom stereocenters. The van der Waals surface area contributed by atoms with Gasteiger partial charge in [0.25, 0.3) is 0 Å². The number of benzene rings is 1. The molecule has 0 saturated heterocycles. The molecule has 0 bridgehead atoms. The summed E-state index contributed by atoms with van der Waals surface area (Å²) in [6.07, 6.45) is 7.04. The molecule has 0 radical (unpaired) electrons. The Kier molecular flexibility index (Phi) is 7.18. The summed E-state index contributed by atoms with van der Waals surface area (Å²) in [6, 6.07) is 6.90. The first kappa shape index (κ1) is 18.1. The highest BCUT2D eigenvalue weighted by Gasteiger charge is 2.24. The summed E-state index contributed by atoms with van der Waals surface area (Å²) in [5.74, 6) is 1.94. The van der Waals surface area contributed by atoms with E-state index in [2.05, 4.69) is 18.3 Å². The van der Waals surface area contributed by atoms with Gasteiger partial charge in [0.2, 0.25) is 0 Å². The lowest BCUT2D eigenvalue weighted by Gasteiger charge is -2.28. The van der Waals surface area contributed by atoms with Crippen LogP contribution in [0.2, 0.25) is 0 Å². The molecule has 1 aromatic rings. The van der Waals surface area contributed by atoms with Crippen molar-refractivity contribution in [2.75, 3.05) is 20.8 Å². The quantitative estimate of drug-likeness (QED) is 0.758. The van der Waals surface area contributed by atoms with E-state index < -0.39 is 0 Å². The van der Waals surface area contributed by atoms with Crippen LogP contribution in [0.15, 0.2) is 18.2 Å². The van der Waals surface area contributed by atoms with Gasteiger partial charge in [-0.3, -0.25) is 0 Å². The second-order valence-electron chi connectivity index (χ2n) is 6.65. The zero-order valence-corrected chi connectivity index (χ0v) is 14.7. The van der Waals surface area contributed by atoms with Crippen LogP contribution in [0.25, 0.3) is 0 Å². The van der Waals surface area contributed by atoms with E-state index in [0.29, 0.717) is 24.6 Å². The van der Waals surface area contributed by atoms with E-state index in [1.807, 2.05) is 12.1 Å². The first-order valence-electron chi connectivity index (χ1n) is 8.75. The summed E-state index contributed by atoms with van der Waals surface area (Å²) in [4.78, 5) is 0. The Balaban J connectivity index is 1.96. The Labute approximate surface area is 140 Å². The average Bonchev–Trinajstić information content (AvgIpc) is 2.79. The normalized spacial score (nSPS) is 23.1. The van der Waals surface area contributed by atoms with Crippen LogP contribution in [0, 0.1) is 5.92 Å². The van der Waals surface area contributed by atoms with E-state index >= 15 is 0 Å². The largest absolute Gasteiger partial charge is 0.493 e. The van der Waals surface area contributed by atoms with Gasteiger partial charge >= 0.3 is 0 Å². The Morgan fingerprint density at radius 3 is 2.57 bits per heavy atom. The molecule has 0 aliphatic heterocycles. The number of hydrogen-bond donors (Lipinski definition) is 2. The molecule has 0 aromatic heterocycles. The van der Waals surface area contributed by atoms with Crippen molar-refractivity contribution in [2.45, 2.75) is 57.5 Å². The topological polar surface area (TPSA) is 50.7 Å². The summed E-state index contributed by atoms with van der Waals surface area (Å²) < 4.78 is 10.7. The fraction of sp³-hybridized carbons (Fsp3) is 0.684. The molecular weight excluding hydrogens is 290 g/mol. The summed E-state index contributed by atoms with van der Waals surface area (Å²) in [5.41, 5.74) is 1.23. The summed E-state index contributed by atoms with van der Waals surface area (Å²) in [6.45, 7) is 2.51. The lowest BCUT2D eigenvalue weighted by molar-refractivity contribution is 0.176. The summed E-state index contributed by atoms with van der Waals surface area (Å²) in [7, 11) is 3.32. The fourth-order valence-electron chi connectivity index (χ4n) is 3.61. The third-order valence-electron chi connectivity index (χ3n) is 4.88. The standard InChI is InChI=1S/C19H31NO3/c1-14(20-17-8-6-4-5-7-16(17)13-21)11-15-9-10-18(22-2)19(12-15)23-3/h9-10,12,14,16-17,20-21H,4-8,11,13H2,1-3H3. The van der Waals surface area contributed by atoms with E-state index in [4.69, 9.17) is 9.47 Å². The molecule has 4 heteroatoms. The minimum atomic E-state index is 0.292. The van der Waals surface area contributed by atoms with Crippen LogP contribution in [-0.4, -0.2) is 38.0 Å². The van der Waals surface area contributed by atoms with E-state index in [0.717, 1.165) is 24.3 Å². The van der Waals surface area contributed by atoms with Gasteiger partial charge in [-0.2, -0.15) is 0 Å². The Hall–Kier alpha value is -1.26. The maximum atomic E-state index is 9.64. The lowest BCUT2D eigenvalue weighted by atomic mass is 9.94. The number of ether oxygens (including phenoxy) is 2. The Bertz CT molecular complexity index is 478. The Morgan fingerprint density at radius 2 is 1.87 bits per heavy atom. The summed E-state index contributed by atoms with van der Waals surface area (Å²) in [5, 5.41) is 13.4. The maximum Gasteiger partial charge on any atom is 0.160 e. The SMILES string of the molecule is COc1ccc(CC(C)NC2CCCCCC2CO)cc1OC. The van der Waals surface area contributed by atoms with Crippen molar-refractivity contribution in [1.82, 2.24) is 5.32 Å². The van der Waals surface area contributed by atoms with E-state index in [-0.39, 0.29) is 0 Å². The average molecular weight is 321 g/mol. The van der Waals surface area contributed by atoms with Crippen molar-refractivity contribution >= 4 is 0 Å². The number of methoxy groups -OCH3 is 2. The van der Waals surface area contributed by atoms with Crippen molar-refractivity contribution < 1.29 is 14.6 Å². The number of aliphatic hydroxyl groups excluding tert-OH is 1. The molecule has 0 spiro atoms. The minimum absolute atomic E-state index is 0.292. The van der Waals surface area contributed by atoms with Crippen molar-refractivity contribution in [1.29, 1.82) is 0 Å². The smallest absolute Gasteiger partial charge is 0.160 e. The second kappa shape index (κ2) is 9.14. The van der Waals surface area contributed by atoms with Crippen LogP contribution in [0.5, 0.6) is 11.5 Å². The second-order valence-corrected chi connectivity index (χ2v) is 6.65. The highest BCUT2D eigenvalue weighted by molar-refractivity contribution is 5.43. The van der Waals surface area contributed by atoms with E-state index in [1.54, 1.807) is 14.2 Å². The molecule has 2 N–H and O–H groups in total. The van der Waals surface area contributed by atoms with Gasteiger partial charge in [-0.1, -0.05) is 25.3 Å². The van der Waals surface area contributed by atoms with Gasteiger partial charge < -0.3 is 19.9 Å². The number of rotatable bonds is 7. The Morgan fingerprint density at radius 1 is 1.13 bits per heavy atom. The van der Waals surface area contributed by atoms with E-state index in [9.17, 15) is 5.11 Å². The van der Waals surface area contributed by atoms with Gasteiger partial charge in [0.05, 0.1) is 14.2 Å². The van der Waals surface area contributed by atoms with Gasteiger partial charge in [-0.05, 0) is 49.8 Å².